The number of rotatable bonds is 4. The highest BCUT2D eigenvalue weighted by Crippen LogP contribution is 2.36. The monoisotopic (exact) mass is 291 g/mol. The summed E-state index contributed by atoms with van der Waals surface area (Å²) in [6, 6.07) is 2.14. The van der Waals surface area contributed by atoms with Gasteiger partial charge in [0.1, 0.15) is 5.69 Å². The fraction of sp³-hybridized carbons (Fsp3) is 0.533. The number of hydrogen-bond donors (Lipinski definition) is 1. The Labute approximate surface area is 123 Å². The predicted molar refractivity (Wildman–Crippen MR) is 81.4 cm³/mol. The van der Waals surface area contributed by atoms with Gasteiger partial charge in [0.25, 0.3) is 0 Å². The lowest BCUT2D eigenvalue weighted by molar-refractivity contribution is 0.405. The minimum atomic E-state index is -0.150. The summed E-state index contributed by atoms with van der Waals surface area (Å²) in [5, 5.41) is 4.35. The van der Waals surface area contributed by atoms with Gasteiger partial charge in [-0.15, -0.1) is 11.3 Å². The molecule has 0 radical (unpaired) electrons. The summed E-state index contributed by atoms with van der Waals surface area (Å²) >= 11 is 1.86. The van der Waals surface area contributed by atoms with Gasteiger partial charge < -0.3 is 10.5 Å². The smallest absolute Gasteiger partial charge is 0.161 e. The number of aromatic nitrogens is 2. The SMILES string of the molecule is CCn1ncc(OC)c1C(N)c1cc2c(s1)CCCC2. The van der Waals surface area contributed by atoms with E-state index < -0.39 is 0 Å². The lowest BCUT2D eigenvalue weighted by atomic mass is 9.98. The maximum absolute atomic E-state index is 6.50. The number of nitrogens with zero attached hydrogens (tertiary/aromatic N) is 2. The van der Waals surface area contributed by atoms with Crippen molar-refractivity contribution < 1.29 is 4.74 Å². The van der Waals surface area contributed by atoms with E-state index in [9.17, 15) is 0 Å². The van der Waals surface area contributed by atoms with E-state index in [1.165, 1.54) is 41.0 Å². The Kier molecular flexibility index (Phi) is 3.81. The van der Waals surface area contributed by atoms with Gasteiger partial charge in [-0.3, -0.25) is 4.68 Å². The summed E-state index contributed by atoms with van der Waals surface area (Å²) in [6.45, 7) is 2.87. The van der Waals surface area contributed by atoms with Crippen LogP contribution < -0.4 is 10.5 Å². The molecular formula is C15H21N3OS. The highest BCUT2D eigenvalue weighted by Gasteiger charge is 2.23. The molecule has 4 nitrogen and oxygen atoms in total. The molecule has 20 heavy (non-hydrogen) atoms. The Balaban J connectivity index is 1.97. The predicted octanol–water partition coefficient (Wildman–Crippen LogP) is 2.90. The van der Waals surface area contributed by atoms with E-state index >= 15 is 0 Å². The first-order valence-electron chi connectivity index (χ1n) is 7.21. The molecule has 2 N–H and O–H groups in total. The van der Waals surface area contributed by atoms with Crippen LogP contribution in [0.15, 0.2) is 12.3 Å². The Morgan fingerprint density at radius 2 is 2.25 bits per heavy atom. The average Bonchev–Trinajstić information content (AvgIpc) is 3.09. The molecule has 1 aliphatic rings. The van der Waals surface area contributed by atoms with Crippen molar-refractivity contribution in [1.82, 2.24) is 9.78 Å². The van der Waals surface area contributed by atoms with Crippen molar-refractivity contribution in [2.75, 3.05) is 7.11 Å². The third-order valence-electron chi connectivity index (χ3n) is 3.98. The van der Waals surface area contributed by atoms with Crippen LogP contribution in [0.2, 0.25) is 0 Å². The van der Waals surface area contributed by atoms with Crippen LogP contribution in [0.5, 0.6) is 5.75 Å². The summed E-state index contributed by atoms with van der Waals surface area (Å²) < 4.78 is 7.35. The molecule has 3 rings (SSSR count). The van der Waals surface area contributed by atoms with Crippen molar-refractivity contribution in [1.29, 1.82) is 0 Å². The molecule has 0 amide bonds. The molecule has 0 saturated heterocycles. The van der Waals surface area contributed by atoms with Gasteiger partial charge in [0.05, 0.1) is 19.3 Å². The fourth-order valence-corrected chi connectivity index (χ4v) is 4.17. The van der Waals surface area contributed by atoms with E-state index in [1.54, 1.807) is 13.3 Å². The number of aryl methyl sites for hydroxylation is 3. The molecule has 1 unspecified atom stereocenters. The van der Waals surface area contributed by atoms with Crippen molar-refractivity contribution in [2.24, 2.45) is 5.73 Å². The van der Waals surface area contributed by atoms with Crippen molar-refractivity contribution in [2.45, 2.75) is 45.2 Å². The Morgan fingerprint density at radius 1 is 1.45 bits per heavy atom. The topological polar surface area (TPSA) is 53.1 Å². The second kappa shape index (κ2) is 5.58. The maximum Gasteiger partial charge on any atom is 0.161 e. The Morgan fingerprint density at radius 3 is 2.95 bits per heavy atom. The first-order valence-corrected chi connectivity index (χ1v) is 8.03. The van der Waals surface area contributed by atoms with E-state index in [1.807, 2.05) is 16.0 Å². The summed E-state index contributed by atoms with van der Waals surface area (Å²) in [6.07, 6.45) is 6.76. The molecule has 0 saturated carbocycles. The van der Waals surface area contributed by atoms with Crippen LogP contribution in [0.4, 0.5) is 0 Å². The van der Waals surface area contributed by atoms with Crippen LogP contribution in [0.3, 0.4) is 0 Å². The van der Waals surface area contributed by atoms with E-state index in [0.717, 1.165) is 18.0 Å². The fourth-order valence-electron chi connectivity index (χ4n) is 2.90. The zero-order valence-electron chi connectivity index (χ0n) is 12.1. The van der Waals surface area contributed by atoms with Gasteiger partial charge in [0.15, 0.2) is 5.75 Å². The minimum absolute atomic E-state index is 0.150. The van der Waals surface area contributed by atoms with Crippen LogP contribution in [0, 0.1) is 0 Å². The van der Waals surface area contributed by atoms with E-state index in [-0.39, 0.29) is 6.04 Å². The van der Waals surface area contributed by atoms with E-state index in [4.69, 9.17) is 10.5 Å². The second-order valence-electron chi connectivity index (χ2n) is 5.20. The van der Waals surface area contributed by atoms with Gasteiger partial charge in [0, 0.05) is 16.3 Å². The third kappa shape index (κ3) is 2.25. The van der Waals surface area contributed by atoms with Crippen molar-refractivity contribution >= 4 is 11.3 Å². The van der Waals surface area contributed by atoms with E-state index in [0.29, 0.717) is 0 Å². The average molecular weight is 291 g/mol. The Hall–Kier alpha value is -1.33. The highest BCUT2D eigenvalue weighted by molar-refractivity contribution is 7.12. The van der Waals surface area contributed by atoms with Gasteiger partial charge in [-0.25, -0.2) is 0 Å². The lowest BCUT2D eigenvalue weighted by Gasteiger charge is -2.13. The van der Waals surface area contributed by atoms with Gasteiger partial charge in [-0.05, 0) is 44.2 Å². The molecular weight excluding hydrogens is 270 g/mol. The zero-order chi connectivity index (χ0) is 14.1. The van der Waals surface area contributed by atoms with Crippen molar-refractivity contribution in [3.63, 3.8) is 0 Å². The molecule has 0 spiro atoms. The number of hydrogen-bond acceptors (Lipinski definition) is 4. The summed E-state index contributed by atoms with van der Waals surface area (Å²) in [5.41, 5.74) is 8.97. The van der Waals surface area contributed by atoms with Gasteiger partial charge in [0.2, 0.25) is 0 Å². The molecule has 1 atom stereocenters. The maximum atomic E-state index is 6.50. The number of nitrogens with two attached hydrogens (primary N) is 1. The number of methoxy groups -OCH3 is 1. The molecule has 2 heterocycles. The molecule has 2 aromatic rings. The first kappa shape index (κ1) is 13.6. The van der Waals surface area contributed by atoms with Crippen molar-refractivity contribution in [3.05, 3.63) is 33.3 Å². The molecule has 0 bridgehead atoms. The van der Waals surface area contributed by atoms with Gasteiger partial charge in [-0.1, -0.05) is 0 Å². The molecule has 1 aliphatic carbocycles. The largest absolute Gasteiger partial charge is 0.493 e. The standard InChI is InChI=1S/C15H21N3OS/c1-3-18-15(11(19-2)9-17-18)14(16)13-8-10-6-4-5-7-12(10)20-13/h8-9,14H,3-7,16H2,1-2H3. The molecule has 2 aromatic heterocycles. The highest BCUT2D eigenvalue weighted by atomic mass is 32.1. The van der Waals surface area contributed by atoms with Crippen LogP contribution in [-0.2, 0) is 19.4 Å². The normalized spacial score (nSPS) is 15.9. The minimum Gasteiger partial charge on any atom is -0.493 e. The molecule has 108 valence electrons. The zero-order valence-corrected chi connectivity index (χ0v) is 12.9. The van der Waals surface area contributed by atoms with Gasteiger partial charge in [-0.2, -0.15) is 5.10 Å². The lowest BCUT2D eigenvalue weighted by Crippen LogP contribution is -2.17. The molecule has 0 aliphatic heterocycles. The number of thiophene rings is 1. The van der Waals surface area contributed by atoms with Crippen molar-refractivity contribution in [3.8, 4) is 5.75 Å². The van der Waals surface area contributed by atoms with Crippen LogP contribution in [-0.4, -0.2) is 16.9 Å². The van der Waals surface area contributed by atoms with Crippen LogP contribution in [0.1, 0.15) is 46.8 Å². The number of ether oxygens (including phenoxy) is 1. The summed E-state index contributed by atoms with van der Waals surface area (Å²) in [4.78, 5) is 2.74. The van der Waals surface area contributed by atoms with E-state index in [2.05, 4.69) is 18.1 Å². The summed E-state index contributed by atoms with van der Waals surface area (Å²) in [5.74, 6) is 0.783. The first-order chi connectivity index (χ1) is 9.74. The second-order valence-corrected chi connectivity index (χ2v) is 6.36. The van der Waals surface area contributed by atoms with Gasteiger partial charge >= 0.3 is 0 Å². The summed E-state index contributed by atoms with van der Waals surface area (Å²) in [7, 11) is 1.67. The van der Waals surface area contributed by atoms with Crippen LogP contribution in [0.25, 0.3) is 0 Å². The molecule has 0 aromatic carbocycles. The Bertz CT molecular complexity index is 557. The third-order valence-corrected chi connectivity index (χ3v) is 5.30. The quantitative estimate of drug-likeness (QED) is 0.942. The van der Waals surface area contributed by atoms with Crippen LogP contribution >= 0.6 is 11.3 Å². The molecule has 5 heteroatoms. The number of fused-ring (bicyclic) bond motifs is 1. The molecule has 0 fully saturated rings.